The highest BCUT2D eigenvalue weighted by molar-refractivity contribution is 5.81. The van der Waals surface area contributed by atoms with E-state index in [0.717, 1.165) is 5.69 Å². The number of anilines is 1. The number of piperazine rings is 1. The van der Waals surface area contributed by atoms with E-state index in [9.17, 15) is 4.79 Å². The van der Waals surface area contributed by atoms with E-state index in [1.165, 1.54) is 0 Å². The molecule has 0 radical (unpaired) electrons. The molecular formula is C14H23N5O2. The molecule has 1 unspecified atom stereocenters. The number of hydrogen-bond donors (Lipinski definition) is 1. The molecule has 1 fully saturated rings. The number of ether oxygens (including phenoxy) is 1. The summed E-state index contributed by atoms with van der Waals surface area (Å²) in [6.45, 7) is 8.82. The summed E-state index contributed by atoms with van der Waals surface area (Å²) in [4.78, 5) is 24.6. The highest BCUT2D eigenvalue weighted by Crippen LogP contribution is 2.17. The van der Waals surface area contributed by atoms with Crippen molar-refractivity contribution in [1.29, 1.82) is 0 Å². The van der Waals surface area contributed by atoms with Crippen molar-refractivity contribution in [3.63, 3.8) is 0 Å². The van der Waals surface area contributed by atoms with Crippen LogP contribution in [0, 0.1) is 6.92 Å². The molecule has 7 nitrogen and oxygen atoms in total. The molecule has 116 valence electrons. The summed E-state index contributed by atoms with van der Waals surface area (Å²) in [5.41, 5.74) is 6.51. The summed E-state index contributed by atoms with van der Waals surface area (Å²) < 4.78 is 5.45. The van der Waals surface area contributed by atoms with E-state index in [1.807, 2.05) is 19.9 Å². The molecule has 21 heavy (non-hydrogen) atoms. The molecule has 0 spiro atoms. The number of carbonyl (C=O) groups excluding carboxylic acids is 1. The number of nitrogens with two attached hydrogens (primary N) is 1. The van der Waals surface area contributed by atoms with Crippen LogP contribution < -0.4 is 15.4 Å². The molecule has 7 heteroatoms. The molecule has 1 aromatic heterocycles. The van der Waals surface area contributed by atoms with Gasteiger partial charge >= 0.3 is 0 Å². The van der Waals surface area contributed by atoms with Crippen molar-refractivity contribution in [2.45, 2.75) is 26.8 Å². The van der Waals surface area contributed by atoms with Gasteiger partial charge in [-0.05, 0) is 20.8 Å². The van der Waals surface area contributed by atoms with Crippen LogP contribution in [0.3, 0.4) is 0 Å². The Hall–Kier alpha value is -1.89. The molecule has 0 aliphatic carbocycles. The molecule has 1 aliphatic rings. The highest BCUT2D eigenvalue weighted by atomic mass is 16.5. The summed E-state index contributed by atoms with van der Waals surface area (Å²) in [5, 5.41) is 0. The van der Waals surface area contributed by atoms with Crippen molar-refractivity contribution in [3.05, 3.63) is 11.8 Å². The normalized spacial score (nSPS) is 16.8. The van der Waals surface area contributed by atoms with Gasteiger partial charge in [-0.25, -0.2) is 4.98 Å². The van der Waals surface area contributed by atoms with Crippen LogP contribution in [0.4, 0.5) is 5.95 Å². The fourth-order valence-corrected chi connectivity index (χ4v) is 2.30. The smallest absolute Gasteiger partial charge is 0.239 e. The van der Waals surface area contributed by atoms with E-state index in [1.54, 1.807) is 11.8 Å². The van der Waals surface area contributed by atoms with Crippen LogP contribution in [0.2, 0.25) is 0 Å². The Kier molecular flexibility index (Phi) is 4.95. The van der Waals surface area contributed by atoms with Gasteiger partial charge in [-0.15, -0.1) is 0 Å². The van der Waals surface area contributed by atoms with Crippen LogP contribution >= 0.6 is 0 Å². The van der Waals surface area contributed by atoms with Crippen LogP contribution in [0.15, 0.2) is 6.07 Å². The number of nitrogens with zero attached hydrogens (tertiary/aromatic N) is 4. The first kappa shape index (κ1) is 15.5. The molecule has 1 aliphatic heterocycles. The molecule has 2 rings (SSSR count). The first-order valence-corrected chi connectivity index (χ1v) is 7.29. The lowest BCUT2D eigenvalue weighted by Crippen LogP contribution is -2.52. The Morgan fingerprint density at radius 3 is 2.62 bits per heavy atom. The third-order valence-electron chi connectivity index (χ3n) is 3.37. The summed E-state index contributed by atoms with van der Waals surface area (Å²) in [6, 6.07) is 1.37. The molecule has 1 amide bonds. The van der Waals surface area contributed by atoms with Crippen LogP contribution in [-0.2, 0) is 4.79 Å². The maximum absolute atomic E-state index is 11.9. The molecule has 1 atom stereocenters. The van der Waals surface area contributed by atoms with Crippen LogP contribution in [0.5, 0.6) is 5.88 Å². The Bertz CT molecular complexity index is 498. The molecule has 1 saturated heterocycles. The second-order valence-electron chi connectivity index (χ2n) is 5.18. The average molecular weight is 293 g/mol. The zero-order chi connectivity index (χ0) is 15.4. The lowest BCUT2D eigenvalue weighted by atomic mass is 10.2. The van der Waals surface area contributed by atoms with Crippen molar-refractivity contribution in [3.8, 4) is 5.88 Å². The molecule has 0 aromatic carbocycles. The average Bonchev–Trinajstić information content (AvgIpc) is 2.46. The Balaban J connectivity index is 2.03. The number of aryl methyl sites for hydroxylation is 1. The lowest BCUT2D eigenvalue weighted by molar-refractivity contribution is -0.132. The topological polar surface area (TPSA) is 84.6 Å². The van der Waals surface area contributed by atoms with Crippen molar-refractivity contribution >= 4 is 11.9 Å². The van der Waals surface area contributed by atoms with E-state index in [-0.39, 0.29) is 5.91 Å². The van der Waals surface area contributed by atoms with Gasteiger partial charge < -0.3 is 20.3 Å². The Morgan fingerprint density at radius 1 is 1.38 bits per heavy atom. The van der Waals surface area contributed by atoms with Crippen LogP contribution in [0.1, 0.15) is 19.5 Å². The second kappa shape index (κ2) is 6.71. The first-order valence-electron chi connectivity index (χ1n) is 7.29. The molecule has 2 heterocycles. The molecule has 2 N–H and O–H groups in total. The summed E-state index contributed by atoms with van der Waals surface area (Å²) >= 11 is 0. The summed E-state index contributed by atoms with van der Waals surface area (Å²) in [7, 11) is 0. The van der Waals surface area contributed by atoms with Crippen molar-refractivity contribution in [1.82, 2.24) is 14.9 Å². The Morgan fingerprint density at radius 2 is 2.05 bits per heavy atom. The van der Waals surface area contributed by atoms with Gasteiger partial charge in [-0.2, -0.15) is 4.98 Å². The number of carbonyl (C=O) groups is 1. The summed E-state index contributed by atoms with van der Waals surface area (Å²) in [5.74, 6) is 1.25. The minimum Gasteiger partial charge on any atom is -0.478 e. The van der Waals surface area contributed by atoms with E-state index < -0.39 is 6.04 Å². The van der Waals surface area contributed by atoms with Crippen molar-refractivity contribution in [2.24, 2.45) is 5.73 Å². The second-order valence-corrected chi connectivity index (χ2v) is 5.18. The lowest BCUT2D eigenvalue weighted by Gasteiger charge is -2.35. The largest absolute Gasteiger partial charge is 0.478 e. The summed E-state index contributed by atoms with van der Waals surface area (Å²) in [6.07, 6.45) is 0. The van der Waals surface area contributed by atoms with Gasteiger partial charge in [0.15, 0.2) is 0 Å². The third kappa shape index (κ3) is 3.81. The number of aromatic nitrogens is 2. The van der Waals surface area contributed by atoms with Crippen molar-refractivity contribution in [2.75, 3.05) is 37.7 Å². The first-order chi connectivity index (χ1) is 10.0. The fraction of sp³-hybridized carbons (Fsp3) is 0.643. The number of amides is 1. The van der Waals surface area contributed by atoms with E-state index in [0.29, 0.717) is 44.6 Å². The SMILES string of the molecule is CCOc1cc(C)nc(N2CCN(C(=O)C(C)N)CC2)n1. The minimum absolute atomic E-state index is 0.00480. The fourth-order valence-electron chi connectivity index (χ4n) is 2.30. The molecular weight excluding hydrogens is 270 g/mol. The van der Waals surface area contributed by atoms with E-state index in [4.69, 9.17) is 10.5 Å². The van der Waals surface area contributed by atoms with Gasteiger partial charge in [0.1, 0.15) is 0 Å². The van der Waals surface area contributed by atoms with E-state index in [2.05, 4.69) is 14.9 Å². The third-order valence-corrected chi connectivity index (χ3v) is 3.37. The number of rotatable bonds is 4. The van der Waals surface area contributed by atoms with E-state index >= 15 is 0 Å². The maximum Gasteiger partial charge on any atom is 0.239 e. The molecule has 1 aromatic rings. The number of hydrogen-bond acceptors (Lipinski definition) is 6. The van der Waals surface area contributed by atoms with Gasteiger partial charge in [-0.1, -0.05) is 0 Å². The quantitative estimate of drug-likeness (QED) is 0.852. The molecule has 0 saturated carbocycles. The van der Waals surface area contributed by atoms with Gasteiger partial charge in [0.25, 0.3) is 0 Å². The van der Waals surface area contributed by atoms with Gasteiger partial charge in [-0.3, -0.25) is 4.79 Å². The Labute approximate surface area is 125 Å². The van der Waals surface area contributed by atoms with Gasteiger partial charge in [0.2, 0.25) is 17.7 Å². The predicted molar refractivity (Wildman–Crippen MR) is 80.4 cm³/mol. The van der Waals surface area contributed by atoms with Crippen LogP contribution in [-0.4, -0.2) is 59.6 Å². The van der Waals surface area contributed by atoms with Crippen LogP contribution in [0.25, 0.3) is 0 Å². The zero-order valence-electron chi connectivity index (χ0n) is 12.9. The standard InChI is InChI=1S/C14H23N5O2/c1-4-21-12-9-10(2)16-14(17-12)19-7-5-18(6-8-19)13(20)11(3)15/h9,11H,4-8,15H2,1-3H3. The van der Waals surface area contributed by atoms with Crippen molar-refractivity contribution < 1.29 is 9.53 Å². The predicted octanol–water partition coefficient (Wildman–Crippen LogP) is 0.180. The molecule has 0 bridgehead atoms. The minimum atomic E-state index is -0.448. The monoisotopic (exact) mass is 293 g/mol. The maximum atomic E-state index is 11.9. The van der Waals surface area contributed by atoms with Gasteiger partial charge in [0.05, 0.1) is 12.6 Å². The zero-order valence-corrected chi connectivity index (χ0v) is 12.9. The highest BCUT2D eigenvalue weighted by Gasteiger charge is 2.24. The van der Waals surface area contributed by atoms with Gasteiger partial charge in [0, 0.05) is 37.9 Å².